The molecular weight excluding hydrogens is 382 g/mol. The van der Waals surface area contributed by atoms with Crippen molar-refractivity contribution >= 4 is 16.7 Å². The molecule has 2 aromatic carbocycles. The first-order chi connectivity index (χ1) is 13.9. The molecule has 0 saturated carbocycles. The smallest absolute Gasteiger partial charge is 0.384 e. The second-order valence-corrected chi connectivity index (χ2v) is 7.00. The molecule has 2 aromatic heterocycles. The molecule has 0 radical (unpaired) electrons. The quantitative estimate of drug-likeness (QED) is 0.432. The highest BCUT2D eigenvalue weighted by atomic mass is 19.4. The van der Waals surface area contributed by atoms with E-state index in [-0.39, 0.29) is 11.5 Å². The molecule has 4 aromatic rings. The Morgan fingerprint density at radius 1 is 0.931 bits per heavy atom. The fourth-order valence-corrected chi connectivity index (χ4v) is 3.76. The van der Waals surface area contributed by atoms with Gasteiger partial charge in [0.15, 0.2) is 0 Å². The van der Waals surface area contributed by atoms with Crippen LogP contribution in [-0.4, -0.2) is 16.1 Å². The molecule has 1 aliphatic rings. The van der Waals surface area contributed by atoms with Gasteiger partial charge in [0.05, 0.1) is 5.69 Å². The predicted octanol–water partition coefficient (Wildman–Crippen LogP) is 5.82. The van der Waals surface area contributed by atoms with Gasteiger partial charge in [-0.3, -0.25) is 4.57 Å². The number of pyridine rings is 1. The molecule has 0 spiro atoms. The second-order valence-electron chi connectivity index (χ2n) is 7.00. The van der Waals surface area contributed by atoms with Crippen molar-refractivity contribution in [1.82, 2.24) is 9.55 Å². The number of nitrogens with zero attached hydrogens (tertiary/aromatic N) is 2. The molecule has 1 N–H and O–H groups in total. The van der Waals surface area contributed by atoms with Gasteiger partial charge in [-0.15, -0.1) is 0 Å². The molecule has 0 atom stereocenters. The summed E-state index contributed by atoms with van der Waals surface area (Å²) in [6.07, 6.45) is -3.70. The fourth-order valence-electron chi connectivity index (χ4n) is 3.76. The molecule has 0 amide bonds. The summed E-state index contributed by atoms with van der Waals surface area (Å²) >= 11 is 0. The van der Waals surface area contributed by atoms with E-state index in [4.69, 9.17) is 0 Å². The normalized spacial score (nSPS) is 13.5. The maximum Gasteiger partial charge on any atom is 0.433 e. The van der Waals surface area contributed by atoms with Gasteiger partial charge in [0.1, 0.15) is 17.2 Å². The lowest BCUT2D eigenvalue weighted by Gasteiger charge is -2.13. The average Bonchev–Trinajstić information content (AvgIpc) is 3.31. The fraction of sp³-hybridized carbons (Fsp3) is 0.136. The van der Waals surface area contributed by atoms with E-state index in [2.05, 4.69) is 10.3 Å². The summed E-state index contributed by atoms with van der Waals surface area (Å²) in [7, 11) is 0. The topological polar surface area (TPSA) is 29.9 Å². The van der Waals surface area contributed by atoms with E-state index >= 15 is 0 Å². The van der Waals surface area contributed by atoms with Crippen molar-refractivity contribution in [1.29, 1.82) is 0 Å². The van der Waals surface area contributed by atoms with Crippen molar-refractivity contribution in [3.8, 4) is 16.9 Å². The number of anilines is 1. The monoisotopic (exact) mass is 397 g/mol. The summed E-state index contributed by atoms with van der Waals surface area (Å²) in [5, 5.41) is 3.86. The zero-order valence-corrected chi connectivity index (χ0v) is 15.1. The number of aromatic nitrogens is 2. The molecule has 5 rings (SSSR count). The van der Waals surface area contributed by atoms with Crippen molar-refractivity contribution in [2.45, 2.75) is 12.6 Å². The number of hydrogen-bond acceptors (Lipinski definition) is 2. The van der Waals surface area contributed by atoms with E-state index in [1.54, 1.807) is 22.8 Å². The van der Waals surface area contributed by atoms with Crippen LogP contribution >= 0.6 is 0 Å². The number of alkyl halides is 3. The predicted molar refractivity (Wildman–Crippen MR) is 104 cm³/mol. The zero-order chi connectivity index (χ0) is 20.2. The lowest BCUT2D eigenvalue weighted by Crippen LogP contribution is -2.09. The standard InChI is InChI=1S/C22H15F4N3/c23-16-4-1-13(2-5-16)19-12-15-3-8-20(22(24,25)26)28-21(15)29(19)17-6-7-18-14(11-17)9-10-27-18/h1-8,11-12,27H,9-10H2. The largest absolute Gasteiger partial charge is 0.433 e. The van der Waals surface area contributed by atoms with Gasteiger partial charge in [0.25, 0.3) is 0 Å². The van der Waals surface area contributed by atoms with Gasteiger partial charge in [-0.25, -0.2) is 9.37 Å². The highest BCUT2D eigenvalue weighted by molar-refractivity contribution is 5.87. The lowest BCUT2D eigenvalue weighted by atomic mass is 10.1. The molecule has 0 saturated heterocycles. The third-order valence-electron chi connectivity index (χ3n) is 5.14. The van der Waals surface area contributed by atoms with Crippen LogP contribution in [0.25, 0.3) is 28.0 Å². The molecule has 3 heterocycles. The van der Waals surface area contributed by atoms with Crippen LogP contribution in [0.5, 0.6) is 0 Å². The van der Waals surface area contributed by atoms with E-state index in [0.717, 1.165) is 30.3 Å². The van der Waals surface area contributed by atoms with Gasteiger partial charge in [-0.2, -0.15) is 13.2 Å². The first kappa shape index (κ1) is 17.7. The Morgan fingerprint density at radius 2 is 1.72 bits per heavy atom. The molecule has 0 aliphatic carbocycles. The SMILES string of the molecule is Fc1ccc(-c2cc3ccc(C(F)(F)F)nc3n2-c2ccc3c(c2)CCN3)cc1. The van der Waals surface area contributed by atoms with Crippen LogP contribution in [0.3, 0.4) is 0 Å². The number of fused-ring (bicyclic) bond motifs is 2. The summed E-state index contributed by atoms with van der Waals surface area (Å²) in [6.45, 7) is 0.826. The molecule has 0 fully saturated rings. The van der Waals surface area contributed by atoms with Crippen molar-refractivity contribution in [3.05, 3.63) is 77.7 Å². The lowest BCUT2D eigenvalue weighted by molar-refractivity contribution is -0.141. The molecule has 1 aliphatic heterocycles. The van der Waals surface area contributed by atoms with E-state index in [1.165, 1.54) is 18.2 Å². The molecule has 0 unspecified atom stereocenters. The molecule has 0 bridgehead atoms. The first-order valence-corrected chi connectivity index (χ1v) is 9.13. The van der Waals surface area contributed by atoms with E-state index in [1.807, 2.05) is 18.2 Å². The van der Waals surface area contributed by atoms with Crippen LogP contribution in [0, 0.1) is 5.82 Å². The van der Waals surface area contributed by atoms with E-state index in [9.17, 15) is 17.6 Å². The van der Waals surface area contributed by atoms with Gasteiger partial charge in [-0.1, -0.05) is 0 Å². The number of benzene rings is 2. The van der Waals surface area contributed by atoms with Gasteiger partial charge in [-0.05, 0) is 78.2 Å². The zero-order valence-electron chi connectivity index (χ0n) is 15.1. The van der Waals surface area contributed by atoms with Crippen molar-refractivity contribution < 1.29 is 17.6 Å². The molecule has 146 valence electrons. The van der Waals surface area contributed by atoms with Crippen LogP contribution < -0.4 is 5.32 Å². The highest BCUT2D eigenvalue weighted by Gasteiger charge is 2.33. The number of rotatable bonds is 2. The van der Waals surface area contributed by atoms with Crippen molar-refractivity contribution in [2.24, 2.45) is 0 Å². The number of nitrogens with one attached hydrogen (secondary N) is 1. The van der Waals surface area contributed by atoms with Crippen molar-refractivity contribution in [3.63, 3.8) is 0 Å². The molecular formula is C22H15F4N3. The Kier molecular flexibility index (Phi) is 3.87. The minimum atomic E-state index is -4.54. The van der Waals surface area contributed by atoms with Gasteiger partial charge in [0.2, 0.25) is 0 Å². The Labute approximate surface area is 163 Å². The highest BCUT2D eigenvalue weighted by Crippen LogP contribution is 2.35. The molecule has 7 heteroatoms. The van der Waals surface area contributed by atoms with Crippen LogP contribution in [0.15, 0.2) is 60.7 Å². The molecule has 3 nitrogen and oxygen atoms in total. The van der Waals surface area contributed by atoms with Gasteiger partial charge < -0.3 is 5.32 Å². The maximum atomic E-state index is 13.4. The van der Waals surface area contributed by atoms with E-state index < -0.39 is 11.9 Å². The summed E-state index contributed by atoms with van der Waals surface area (Å²) in [4.78, 5) is 3.93. The van der Waals surface area contributed by atoms with Crippen LogP contribution in [0.1, 0.15) is 11.3 Å². The van der Waals surface area contributed by atoms with Crippen molar-refractivity contribution in [2.75, 3.05) is 11.9 Å². The Hall–Kier alpha value is -3.35. The number of halogens is 4. The maximum absolute atomic E-state index is 13.4. The van der Waals surface area contributed by atoms with Gasteiger partial charge >= 0.3 is 6.18 Å². The third-order valence-corrected chi connectivity index (χ3v) is 5.14. The number of hydrogen-bond donors (Lipinski definition) is 1. The van der Waals surface area contributed by atoms with Crippen LogP contribution in [0.2, 0.25) is 0 Å². The Balaban J connectivity index is 1.79. The minimum Gasteiger partial charge on any atom is -0.384 e. The van der Waals surface area contributed by atoms with Gasteiger partial charge in [0, 0.05) is 23.3 Å². The summed E-state index contributed by atoms with van der Waals surface area (Å²) in [6, 6.07) is 15.8. The summed E-state index contributed by atoms with van der Waals surface area (Å²) in [5.74, 6) is -0.377. The average molecular weight is 397 g/mol. The van der Waals surface area contributed by atoms with E-state index in [0.29, 0.717) is 22.3 Å². The van der Waals surface area contributed by atoms with Crippen LogP contribution in [-0.2, 0) is 12.6 Å². The summed E-state index contributed by atoms with van der Waals surface area (Å²) in [5.41, 5.74) is 3.45. The Morgan fingerprint density at radius 3 is 2.48 bits per heavy atom. The first-order valence-electron chi connectivity index (χ1n) is 9.13. The second kappa shape index (κ2) is 6.34. The van der Waals surface area contributed by atoms with Crippen LogP contribution in [0.4, 0.5) is 23.2 Å². The Bertz CT molecular complexity index is 1220. The third kappa shape index (κ3) is 3.03. The molecule has 29 heavy (non-hydrogen) atoms. The summed E-state index contributed by atoms with van der Waals surface area (Å²) < 4.78 is 55.0. The minimum absolute atomic E-state index is 0.213.